The lowest BCUT2D eigenvalue weighted by atomic mass is 10.0. The van der Waals surface area contributed by atoms with E-state index in [0.29, 0.717) is 18.5 Å². The van der Waals surface area contributed by atoms with E-state index < -0.39 is 0 Å². The molecule has 0 aliphatic rings. The van der Waals surface area contributed by atoms with Gasteiger partial charge in [0.2, 0.25) is 0 Å². The number of carbonyl (C=O) groups excluding carboxylic acids is 1. The molecule has 0 bridgehead atoms. The maximum absolute atomic E-state index is 11.9. The van der Waals surface area contributed by atoms with Gasteiger partial charge in [-0.15, -0.1) is 0 Å². The summed E-state index contributed by atoms with van der Waals surface area (Å²) in [7, 11) is 4.03. The molecule has 1 heterocycles. The Balaban J connectivity index is 2.54. The molecule has 1 amide bonds. The van der Waals surface area contributed by atoms with Gasteiger partial charge in [0.05, 0.1) is 12.4 Å². The fraction of sp³-hybridized carbons (Fsp3) is 0.615. The van der Waals surface area contributed by atoms with Gasteiger partial charge in [0.25, 0.3) is 5.91 Å². The summed E-state index contributed by atoms with van der Waals surface area (Å²) in [6.45, 7) is 4.93. The van der Waals surface area contributed by atoms with Crippen molar-refractivity contribution in [3.05, 3.63) is 23.2 Å². The quantitative estimate of drug-likeness (QED) is 0.866. The fourth-order valence-electron chi connectivity index (χ4n) is 1.75. The smallest absolute Gasteiger partial charge is 0.271 e. The van der Waals surface area contributed by atoms with Gasteiger partial charge in [0.15, 0.2) is 0 Å². The molecule has 1 unspecified atom stereocenters. The summed E-state index contributed by atoms with van der Waals surface area (Å²) in [6, 6.07) is 0.309. The predicted molar refractivity (Wildman–Crippen MR) is 76.3 cm³/mol. The summed E-state index contributed by atoms with van der Waals surface area (Å²) in [6.07, 6.45) is 3.78. The highest BCUT2D eigenvalue weighted by atomic mass is 35.5. The van der Waals surface area contributed by atoms with Gasteiger partial charge in [0.1, 0.15) is 10.8 Å². The second-order valence-electron chi connectivity index (χ2n) is 5.18. The van der Waals surface area contributed by atoms with E-state index in [9.17, 15) is 4.79 Å². The molecule has 0 saturated heterocycles. The number of nitrogens with zero attached hydrogens (tertiary/aromatic N) is 3. The first-order valence-corrected chi connectivity index (χ1v) is 6.70. The van der Waals surface area contributed by atoms with Crippen LogP contribution in [0.15, 0.2) is 12.4 Å². The predicted octanol–water partition coefficient (Wildman–Crippen LogP) is 1.84. The summed E-state index contributed by atoms with van der Waals surface area (Å²) < 4.78 is 0. The minimum atomic E-state index is -0.222. The standard InChI is InChI=1S/C13H21ClN4O/c1-9(2)5-10(18(3)4)6-17-13(19)11-7-16-12(14)8-15-11/h7-10H,5-6H2,1-4H3,(H,17,19). The molecule has 5 nitrogen and oxygen atoms in total. The van der Waals surface area contributed by atoms with Crippen molar-refractivity contribution in [2.24, 2.45) is 5.92 Å². The van der Waals surface area contributed by atoms with Gasteiger partial charge < -0.3 is 10.2 Å². The summed E-state index contributed by atoms with van der Waals surface area (Å²) in [5.74, 6) is 0.361. The summed E-state index contributed by atoms with van der Waals surface area (Å²) in [5.41, 5.74) is 0.284. The highest BCUT2D eigenvalue weighted by Gasteiger charge is 2.15. The van der Waals surface area contributed by atoms with E-state index >= 15 is 0 Å². The van der Waals surface area contributed by atoms with E-state index in [2.05, 4.69) is 34.0 Å². The van der Waals surface area contributed by atoms with Gasteiger partial charge in [-0.1, -0.05) is 25.4 Å². The Morgan fingerprint density at radius 3 is 2.53 bits per heavy atom. The van der Waals surface area contributed by atoms with Gasteiger partial charge in [-0.05, 0) is 26.4 Å². The molecule has 0 aliphatic heterocycles. The molecule has 1 aromatic rings. The number of hydrogen-bond acceptors (Lipinski definition) is 4. The molecule has 1 atom stereocenters. The molecular weight excluding hydrogens is 264 g/mol. The maximum atomic E-state index is 11.9. The van der Waals surface area contributed by atoms with Crippen molar-refractivity contribution < 1.29 is 4.79 Å². The zero-order chi connectivity index (χ0) is 14.4. The molecule has 0 spiro atoms. The number of hydrogen-bond donors (Lipinski definition) is 1. The monoisotopic (exact) mass is 284 g/mol. The van der Waals surface area contributed by atoms with Crippen LogP contribution in [0.4, 0.5) is 0 Å². The lowest BCUT2D eigenvalue weighted by molar-refractivity contribution is 0.0933. The molecule has 1 N–H and O–H groups in total. The highest BCUT2D eigenvalue weighted by molar-refractivity contribution is 6.29. The lowest BCUT2D eigenvalue weighted by Crippen LogP contribution is -2.41. The number of nitrogens with one attached hydrogen (secondary N) is 1. The van der Waals surface area contributed by atoms with E-state index in [1.54, 1.807) is 0 Å². The fourth-order valence-corrected chi connectivity index (χ4v) is 1.85. The largest absolute Gasteiger partial charge is 0.349 e. The topological polar surface area (TPSA) is 58.1 Å². The first kappa shape index (κ1) is 15.9. The zero-order valence-electron chi connectivity index (χ0n) is 11.9. The first-order valence-electron chi connectivity index (χ1n) is 6.32. The summed E-state index contributed by atoms with van der Waals surface area (Å²) >= 11 is 5.63. The third-order valence-corrected chi connectivity index (χ3v) is 3.02. The van der Waals surface area contributed by atoms with Crippen LogP contribution < -0.4 is 5.32 Å². The Morgan fingerprint density at radius 2 is 2.05 bits per heavy atom. The molecule has 19 heavy (non-hydrogen) atoms. The van der Waals surface area contributed by atoms with Crippen LogP contribution in [0.3, 0.4) is 0 Å². The van der Waals surface area contributed by atoms with Gasteiger partial charge in [-0.2, -0.15) is 0 Å². The molecule has 1 rings (SSSR count). The van der Waals surface area contributed by atoms with Gasteiger partial charge >= 0.3 is 0 Å². The van der Waals surface area contributed by atoms with Gasteiger partial charge in [-0.25, -0.2) is 9.97 Å². The molecule has 0 saturated carbocycles. The Kier molecular flexibility index (Phi) is 6.18. The van der Waals surface area contributed by atoms with E-state index in [1.165, 1.54) is 12.4 Å². The maximum Gasteiger partial charge on any atom is 0.271 e. The average molecular weight is 285 g/mol. The second kappa shape index (κ2) is 7.40. The van der Waals surface area contributed by atoms with Crippen LogP contribution in [0.1, 0.15) is 30.8 Å². The Morgan fingerprint density at radius 1 is 1.37 bits per heavy atom. The molecule has 0 radical (unpaired) electrons. The number of likely N-dealkylation sites (N-methyl/N-ethyl adjacent to an activating group) is 1. The number of carbonyl (C=O) groups is 1. The van der Waals surface area contributed by atoms with Crippen LogP contribution in [-0.2, 0) is 0 Å². The molecule has 106 valence electrons. The normalized spacial score (nSPS) is 12.8. The van der Waals surface area contributed by atoms with Crippen molar-refractivity contribution in [1.29, 1.82) is 0 Å². The zero-order valence-corrected chi connectivity index (χ0v) is 12.6. The van der Waals surface area contributed by atoms with Crippen LogP contribution in [0.25, 0.3) is 0 Å². The van der Waals surface area contributed by atoms with Crippen LogP contribution in [-0.4, -0.2) is 47.5 Å². The van der Waals surface area contributed by atoms with Crippen LogP contribution in [0.2, 0.25) is 5.15 Å². The molecule has 0 aliphatic carbocycles. The minimum Gasteiger partial charge on any atom is -0.349 e. The van der Waals surface area contributed by atoms with Crippen LogP contribution in [0.5, 0.6) is 0 Å². The number of amides is 1. The molecule has 1 aromatic heterocycles. The van der Waals surface area contributed by atoms with Crippen molar-refractivity contribution >= 4 is 17.5 Å². The molecule has 0 fully saturated rings. The summed E-state index contributed by atoms with van der Waals surface area (Å²) in [4.78, 5) is 21.8. The first-order chi connectivity index (χ1) is 8.90. The van der Waals surface area contributed by atoms with Crippen molar-refractivity contribution in [3.8, 4) is 0 Å². The number of halogens is 1. The number of aromatic nitrogens is 2. The van der Waals surface area contributed by atoms with Crippen molar-refractivity contribution in [2.75, 3.05) is 20.6 Å². The lowest BCUT2D eigenvalue weighted by Gasteiger charge is -2.26. The van der Waals surface area contributed by atoms with Crippen LogP contribution >= 0.6 is 11.6 Å². The molecular formula is C13H21ClN4O. The Bertz CT molecular complexity index is 406. The Hall–Kier alpha value is -1.20. The third-order valence-electron chi connectivity index (χ3n) is 2.82. The van der Waals surface area contributed by atoms with Crippen molar-refractivity contribution in [2.45, 2.75) is 26.3 Å². The Labute approximate surface area is 119 Å². The highest BCUT2D eigenvalue weighted by Crippen LogP contribution is 2.08. The van der Waals surface area contributed by atoms with Gasteiger partial charge in [-0.3, -0.25) is 4.79 Å². The van der Waals surface area contributed by atoms with E-state index in [-0.39, 0.29) is 16.8 Å². The third kappa shape index (κ3) is 5.53. The SMILES string of the molecule is CC(C)CC(CNC(=O)c1cnc(Cl)cn1)N(C)C. The van der Waals surface area contributed by atoms with E-state index in [0.717, 1.165) is 6.42 Å². The minimum absolute atomic E-state index is 0.222. The summed E-state index contributed by atoms with van der Waals surface area (Å²) in [5, 5.41) is 3.16. The molecule has 6 heteroatoms. The van der Waals surface area contributed by atoms with E-state index in [1.807, 2.05) is 14.1 Å². The number of rotatable bonds is 6. The average Bonchev–Trinajstić information content (AvgIpc) is 2.34. The van der Waals surface area contributed by atoms with E-state index in [4.69, 9.17) is 11.6 Å². The van der Waals surface area contributed by atoms with Gasteiger partial charge in [0, 0.05) is 12.6 Å². The van der Waals surface area contributed by atoms with Crippen LogP contribution in [0, 0.1) is 5.92 Å². The molecule has 0 aromatic carbocycles. The van der Waals surface area contributed by atoms with Crippen molar-refractivity contribution in [1.82, 2.24) is 20.2 Å². The van der Waals surface area contributed by atoms with Crippen molar-refractivity contribution in [3.63, 3.8) is 0 Å². The second-order valence-corrected chi connectivity index (χ2v) is 5.57.